The molecular weight excluding hydrogens is 356 g/mol. The molecule has 3 heterocycles. The fourth-order valence-corrected chi connectivity index (χ4v) is 5.26. The molecule has 0 saturated carbocycles. The molecule has 6 rings (SSSR count). The van der Waals surface area contributed by atoms with Gasteiger partial charge in [-0.05, 0) is 29.7 Å². The molecule has 0 amide bonds. The molecule has 140 valence electrons. The second kappa shape index (κ2) is 5.48. The van der Waals surface area contributed by atoms with Crippen molar-refractivity contribution in [3.05, 3.63) is 83.4 Å². The summed E-state index contributed by atoms with van der Waals surface area (Å²) in [5.41, 5.74) is 7.71. The van der Waals surface area contributed by atoms with E-state index in [4.69, 9.17) is 5.10 Å². The van der Waals surface area contributed by atoms with Gasteiger partial charge in [0.2, 0.25) is 0 Å². The maximum Gasteiger partial charge on any atom is 0.163 e. The van der Waals surface area contributed by atoms with Gasteiger partial charge in [-0.2, -0.15) is 10.4 Å². The van der Waals surface area contributed by atoms with Gasteiger partial charge in [0, 0.05) is 16.5 Å². The molecule has 0 aromatic heterocycles. The minimum absolute atomic E-state index is 0.0153. The summed E-state index contributed by atoms with van der Waals surface area (Å²) in [6, 6.07) is 25.3. The summed E-state index contributed by atoms with van der Waals surface area (Å²) in [7, 11) is 0. The topological polar surface area (TPSA) is 42.6 Å². The third-order valence-corrected chi connectivity index (χ3v) is 6.83. The Morgan fingerprint density at radius 3 is 2.48 bits per heavy atom. The van der Waals surface area contributed by atoms with Gasteiger partial charge in [0.1, 0.15) is 12.2 Å². The number of para-hydroxylation sites is 2. The summed E-state index contributed by atoms with van der Waals surface area (Å²) >= 11 is 0. The maximum absolute atomic E-state index is 9.73. The molecule has 3 aliphatic rings. The molecule has 3 aromatic carbocycles. The Kier molecular flexibility index (Phi) is 3.10. The van der Waals surface area contributed by atoms with E-state index in [1.165, 1.54) is 22.4 Å². The van der Waals surface area contributed by atoms with Crippen molar-refractivity contribution in [2.45, 2.75) is 31.8 Å². The minimum Gasteiger partial charge on any atom is -0.300 e. The standard InChI is InChI=1S/C25H20N4/c1-3-25(2)20-13-8-12-18-17-10-5-6-11-19(17)23-27-29(24(25)28(23)22(18)20)21-14-7-4-9-16(21)15-26/h4-14,24H,3H2,1-2H3. The van der Waals surface area contributed by atoms with Crippen LogP contribution in [0.2, 0.25) is 0 Å². The van der Waals surface area contributed by atoms with Crippen molar-refractivity contribution in [3.63, 3.8) is 0 Å². The first-order chi connectivity index (χ1) is 14.2. The quantitative estimate of drug-likeness (QED) is 0.615. The van der Waals surface area contributed by atoms with E-state index in [9.17, 15) is 5.26 Å². The summed E-state index contributed by atoms with van der Waals surface area (Å²) in [6.45, 7) is 4.58. The number of nitrogens with zero attached hydrogens (tertiary/aromatic N) is 4. The summed E-state index contributed by atoms with van der Waals surface area (Å²) in [5.74, 6) is 0.982. The van der Waals surface area contributed by atoms with Crippen LogP contribution in [0.15, 0.2) is 71.8 Å². The van der Waals surface area contributed by atoms with Crippen molar-refractivity contribution in [1.82, 2.24) is 0 Å². The summed E-state index contributed by atoms with van der Waals surface area (Å²) < 4.78 is 0. The molecule has 0 fully saturated rings. The third-order valence-electron chi connectivity index (χ3n) is 6.83. The third kappa shape index (κ3) is 1.85. The SMILES string of the molecule is CCC1(C)c2cccc3c2N2C(=NN(c4ccccc4C#N)C21)c1ccccc1-3. The molecule has 2 atom stereocenters. The number of rotatable bonds is 2. The van der Waals surface area contributed by atoms with E-state index < -0.39 is 0 Å². The van der Waals surface area contributed by atoms with Gasteiger partial charge in [-0.25, -0.2) is 5.01 Å². The number of amidine groups is 1. The van der Waals surface area contributed by atoms with E-state index in [0.717, 1.165) is 23.5 Å². The lowest BCUT2D eigenvalue weighted by molar-refractivity contribution is 0.386. The fraction of sp³-hybridized carbons (Fsp3) is 0.200. The van der Waals surface area contributed by atoms with Crippen molar-refractivity contribution in [1.29, 1.82) is 5.26 Å². The monoisotopic (exact) mass is 376 g/mol. The van der Waals surface area contributed by atoms with E-state index in [1.807, 2.05) is 24.3 Å². The zero-order chi connectivity index (χ0) is 19.8. The number of hydrogen-bond donors (Lipinski definition) is 0. The maximum atomic E-state index is 9.73. The van der Waals surface area contributed by atoms with Gasteiger partial charge < -0.3 is 0 Å². The number of anilines is 2. The molecule has 0 saturated heterocycles. The zero-order valence-electron chi connectivity index (χ0n) is 16.4. The molecule has 29 heavy (non-hydrogen) atoms. The Labute approximate surface area is 170 Å². The van der Waals surface area contributed by atoms with Crippen LogP contribution >= 0.6 is 0 Å². The number of benzene rings is 3. The number of hydrazone groups is 1. The Bertz CT molecular complexity index is 1250. The minimum atomic E-state index is -0.110. The average molecular weight is 376 g/mol. The molecule has 3 aromatic rings. The number of nitriles is 1. The highest BCUT2D eigenvalue weighted by molar-refractivity contribution is 6.22. The van der Waals surface area contributed by atoms with Gasteiger partial charge in [-0.3, -0.25) is 4.90 Å². The highest BCUT2D eigenvalue weighted by Gasteiger charge is 2.57. The molecule has 0 bridgehead atoms. The lowest BCUT2D eigenvalue weighted by Crippen LogP contribution is -2.50. The predicted molar refractivity (Wildman–Crippen MR) is 116 cm³/mol. The molecule has 3 aliphatic heterocycles. The van der Waals surface area contributed by atoms with Crippen LogP contribution in [0.25, 0.3) is 11.1 Å². The van der Waals surface area contributed by atoms with Crippen LogP contribution in [0, 0.1) is 11.3 Å². The van der Waals surface area contributed by atoms with Gasteiger partial charge in [-0.1, -0.05) is 68.4 Å². The molecule has 0 N–H and O–H groups in total. The van der Waals surface area contributed by atoms with Gasteiger partial charge in [-0.15, -0.1) is 0 Å². The number of fused-ring (bicyclic) bond motifs is 3. The lowest BCUT2D eigenvalue weighted by Gasteiger charge is -2.37. The van der Waals surface area contributed by atoms with Gasteiger partial charge in [0.25, 0.3) is 0 Å². The van der Waals surface area contributed by atoms with Crippen LogP contribution in [-0.4, -0.2) is 12.0 Å². The highest BCUT2D eigenvalue weighted by Crippen LogP contribution is 2.57. The van der Waals surface area contributed by atoms with E-state index >= 15 is 0 Å². The Morgan fingerprint density at radius 2 is 1.69 bits per heavy atom. The molecule has 4 heteroatoms. The van der Waals surface area contributed by atoms with Crippen LogP contribution in [0.4, 0.5) is 11.4 Å². The largest absolute Gasteiger partial charge is 0.300 e. The van der Waals surface area contributed by atoms with Crippen molar-refractivity contribution in [2.24, 2.45) is 5.10 Å². The molecule has 0 spiro atoms. The first-order valence-corrected chi connectivity index (χ1v) is 10.1. The van der Waals surface area contributed by atoms with Crippen LogP contribution < -0.4 is 9.91 Å². The Balaban J connectivity index is 1.70. The van der Waals surface area contributed by atoms with E-state index in [2.05, 4.69) is 72.3 Å². The molecule has 4 nitrogen and oxygen atoms in total. The molecule has 2 unspecified atom stereocenters. The van der Waals surface area contributed by atoms with Gasteiger partial charge in [0.15, 0.2) is 5.84 Å². The van der Waals surface area contributed by atoms with E-state index in [1.54, 1.807) is 0 Å². The Hall–Kier alpha value is -3.58. The summed E-state index contributed by atoms with van der Waals surface area (Å²) in [5, 5.41) is 16.9. The van der Waals surface area contributed by atoms with Crippen molar-refractivity contribution in [2.75, 3.05) is 9.91 Å². The molecule has 0 radical (unpaired) electrons. The molecule has 0 aliphatic carbocycles. The van der Waals surface area contributed by atoms with Crippen molar-refractivity contribution < 1.29 is 0 Å². The highest BCUT2D eigenvalue weighted by atomic mass is 15.6. The van der Waals surface area contributed by atoms with E-state index in [0.29, 0.717) is 5.56 Å². The zero-order valence-corrected chi connectivity index (χ0v) is 16.4. The van der Waals surface area contributed by atoms with Crippen LogP contribution in [0.3, 0.4) is 0 Å². The van der Waals surface area contributed by atoms with Crippen LogP contribution in [0.1, 0.15) is 37.0 Å². The van der Waals surface area contributed by atoms with Gasteiger partial charge in [0.05, 0.1) is 16.9 Å². The number of hydrogen-bond acceptors (Lipinski definition) is 4. The molecular formula is C25H20N4. The first-order valence-electron chi connectivity index (χ1n) is 10.1. The van der Waals surface area contributed by atoms with Crippen LogP contribution in [-0.2, 0) is 5.41 Å². The summed E-state index contributed by atoms with van der Waals surface area (Å²) in [6.07, 6.45) is 0.996. The normalized spacial score (nSPS) is 22.8. The van der Waals surface area contributed by atoms with Crippen LogP contribution in [0.5, 0.6) is 0 Å². The smallest absolute Gasteiger partial charge is 0.163 e. The van der Waals surface area contributed by atoms with Crippen molar-refractivity contribution >= 4 is 17.2 Å². The fourth-order valence-electron chi connectivity index (χ4n) is 5.26. The van der Waals surface area contributed by atoms with Gasteiger partial charge >= 0.3 is 0 Å². The Morgan fingerprint density at radius 1 is 0.966 bits per heavy atom. The predicted octanol–water partition coefficient (Wildman–Crippen LogP) is 5.23. The van der Waals surface area contributed by atoms with E-state index in [-0.39, 0.29) is 11.6 Å². The lowest BCUT2D eigenvalue weighted by atomic mass is 9.78. The second-order valence-corrected chi connectivity index (χ2v) is 8.16. The summed E-state index contributed by atoms with van der Waals surface area (Å²) in [4.78, 5) is 2.41. The van der Waals surface area contributed by atoms with Crippen molar-refractivity contribution in [3.8, 4) is 17.2 Å². The first kappa shape index (κ1) is 16.4. The second-order valence-electron chi connectivity index (χ2n) is 8.16. The average Bonchev–Trinajstić information content (AvgIpc) is 3.30.